The van der Waals surface area contributed by atoms with Crippen LogP contribution in [0.1, 0.15) is 28.8 Å². The number of hydrogen-bond donors (Lipinski definition) is 0. The van der Waals surface area contributed by atoms with Gasteiger partial charge in [-0.1, -0.05) is 12.1 Å². The molecule has 3 rings (SSSR count). The van der Waals surface area contributed by atoms with Crippen LogP contribution in [0.3, 0.4) is 0 Å². The fraction of sp³-hybridized carbons (Fsp3) is 0.476. The number of nitrogens with zero attached hydrogens (tertiary/aromatic N) is 2. The zero-order valence-electron chi connectivity index (χ0n) is 15.7. The van der Waals surface area contributed by atoms with Crippen LogP contribution < -0.4 is 4.74 Å². The zero-order chi connectivity index (χ0) is 18.4. The van der Waals surface area contributed by atoms with Gasteiger partial charge in [0.15, 0.2) is 0 Å². The van der Waals surface area contributed by atoms with E-state index in [0.717, 1.165) is 44.6 Å². The number of amides is 1. The first kappa shape index (κ1) is 18.5. The van der Waals surface area contributed by atoms with E-state index in [9.17, 15) is 4.79 Å². The Morgan fingerprint density at radius 1 is 1.23 bits per heavy atom. The molecule has 140 valence electrons. The average Bonchev–Trinajstić information content (AvgIpc) is 3.21. The average molecular weight is 356 g/mol. The van der Waals surface area contributed by atoms with Crippen LogP contribution in [-0.2, 0) is 6.42 Å². The highest BCUT2D eigenvalue weighted by atomic mass is 16.5. The van der Waals surface area contributed by atoms with Gasteiger partial charge in [-0.15, -0.1) is 0 Å². The monoisotopic (exact) mass is 356 g/mol. The van der Waals surface area contributed by atoms with E-state index in [1.807, 2.05) is 17.0 Å². The molecule has 2 aromatic rings. The van der Waals surface area contributed by atoms with Crippen LogP contribution in [0.2, 0.25) is 0 Å². The molecule has 0 N–H and O–H groups in total. The van der Waals surface area contributed by atoms with E-state index >= 15 is 0 Å². The molecule has 2 heterocycles. The summed E-state index contributed by atoms with van der Waals surface area (Å²) < 4.78 is 10.3. The minimum Gasteiger partial charge on any atom is -0.497 e. The van der Waals surface area contributed by atoms with Gasteiger partial charge in [0.2, 0.25) is 0 Å². The number of piperidine rings is 1. The summed E-state index contributed by atoms with van der Waals surface area (Å²) in [6, 6.07) is 9.81. The van der Waals surface area contributed by atoms with Gasteiger partial charge < -0.3 is 19.0 Å². The van der Waals surface area contributed by atoms with E-state index in [4.69, 9.17) is 9.15 Å². The number of methoxy groups -OCH3 is 1. The number of rotatable bonds is 7. The summed E-state index contributed by atoms with van der Waals surface area (Å²) in [4.78, 5) is 17.2. The van der Waals surface area contributed by atoms with E-state index in [2.05, 4.69) is 24.1 Å². The molecule has 5 heteroatoms. The van der Waals surface area contributed by atoms with E-state index in [-0.39, 0.29) is 5.91 Å². The maximum atomic E-state index is 12.9. The Kier molecular flexibility index (Phi) is 6.34. The van der Waals surface area contributed by atoms with Crippen molar-refractivity contribution in [3.63, 3.8) is 0 Å². The lowest BCUT2D eigenvalue weighted by molar-refractivity contribution is 0.0700. The van der Waals surface area contributed by atoms with Crippen LogP contribution in [-0.4, -0.2) is 56.0 Å². The van der Waals surface area contributed by atoms with Gasteiger partial charge in [-0.2, -0.15) is 0 Å². The third-order valence-electron chi connectivity index (χ3n) is 5.20. The second-order valence-electron chi connectivity index (χ2n) is 7.11. The minimum atomic E-state index is 0.0613. The number of carbonyl (C=O) groups is 1. The van der Waals surface area contributed by atoms with Crippen LogP contribution in [0.15, 0.2) is 47.3 Å². The van der Waals surface area contributed by atoms with Gasteiger partial charge in [-0.05, 0) is 69.1 Å². The van der Waals surface area contributed by atoms with Gasteiger partial charge in [0.05, 0.1) is 18.9 Å². The molecule has 0 unspecified atom stereocenters. The van der Waals surface area contributed by atoms with E-state index < -0.39 is 0 Å². The highest BCUT2D eigenvalue weighted by Gasteiger charge is 2.23. The van der Waals surface area contributed by atoms with Crippen LogP contribution in [0.25, 0.3) is 0 Å². The summed E-state index contributed by atoms with van der Waals surface area (Å²) in [6.07, 6.45) is 6.23. The largest absolute Gasteiger partial charge is 0.497 e. The fourth-order valence-electron chi connectivity index (χ4n) is 3.46. The summed E-state index contributed by atoms with van der Waals surface area (Å²) in [6.45, 7) is 3.74. The van der Waals surface area contributed by atoms with Gasteiger partial charge >= 0.3 is 0 Å². The van der Waals surface area contributed by atoms with Gasteiger partial charge in [0.25, 0.3) is 5.91 Å². The van der Waals surface area contributed by atoms with E-state index in [1.54, 1.807) is 19.4 Å². The van der Waals surface area contributed by atoms with Crippen molar-refractivity contribution in [1.82, 2.24) is 9.80 Å². The third-order valence-corrected chi connectivity index (χ3v) is 5.20. The summed E-state index contributed by atoms with van der Waals surface area (Å²) in [5.74, 6) is 1.48. The summed E-state index contributed by atoms with van der Waals surface area (Å²) >= 11 is 0. The molecule has 1 amide bonds. The summed E-state index contributed by atoms with van der Waals surface area (Å²) in [5, 5.41) is 0. The number of likely N-dealkylation sites (tertiary alicyclic amines) is 1. The van der Waals surface area contributed by atoms with Crippen LogP contribution >= 0.6 is 0 Å². The molecule has 0 atom stereocenters. The second kappa shape index (κ2) is 8.90. The molecule has 1 aliphatic rings. The van der Waals surface area contributed by atoms with Crippen molar-refractivity contribution in [3.05, 3.63) is 54.0 Å². The SMILES string of the molecule is COc1ccc(CCN(CC2CCN(C)CC2)C(=O)c2ccoc2)cc1. The molecular formula is C21H28N2O3. The second-order valence-corrected chi connectivity index (χ2v) is 7.11. The first-order chi connectivity index (χ1) is 12.7. The number of hydrogen-bond acceptors (Lipinski definition) is 4. The zero-order valence-corrected chi connectivity index (χ0v) is 15.7. The molecule has 1 aromatic carbocycles. The van der Waals surface area contributed by atoms with Crippen molar-refractivity contribution in [2.24, 2.45) is 5.92 Å². The Balaban J connectivity index is 1.64. The van der Waals surface area contributed by atoms with Crippen LogP contribution in [0.4, 0.5) is 0 Å². The molecule has 0 spiro atoms. The van der Waals surface area contributed by atoms with Crippen molar-refractivity contribution in [2.45, 2.75) is 19.3 Å². The van der Waals surface area contributed by atoms with Gasteiger partial charge in [-0.25, -0.2) is 0 Å². The Bertz CT molecular complexity index is 674. The van der Waals surface area contributed by atoms with Gasteiger partial charge in [0, 0.05) is 13.1 Å². The Morgan fingerprint density at radius 2 is 1.96 bits per heavy atom. The predicted molar refractivity (Wildman–Crippen MR) is 102 cm³/mol. The van der Waals surface area contributed by atoms with Crippen LogP contribution in [0, 0.1) is 5.92 Å². The molecule has 1 fully saturated rings. The molecule has 0 saturated carbocycles. The summed E-state index contributed by atoms with van der Waals surface area (Å²) in [7, 11) is 3.83. The topological polar surface area (TPSA) is 45.9 Å². The molecule has 26 heavy (non-hydrogen) atoms. The standard InChI is InChI=1S/C21H28N2O3/c1-22-11-7-18(8-12-22)15-23(21(24)19-10-14-26-16-19)13-9-17-3-5-20(25-2)6-4-17/h3-6,10,14,16,18H,7-9,11-13,15H2,1-2H3. The quantitative estimate of drug-likeness (QED) is 0.763. The summed E-state index contributed by atoms with van der Waals surface area (Å²) in [5.41, 5.74) is 1.84. The van der Waals surface area contributed by atoms with Crippen molar-refractivity contribution < 1.29 is 13.9 Å². The number of ether oxygens (including phenoxy) is 1. The van der Waals surface area contributed by atoms with Crippen molar-refractivity contribution in [2.75, 3.05) is 40.3 Å². The first-order valence-corrected chi connectivity index (χ1v) is 9.28. The molecule has 1 aliphatic heterocycles. The Morgan fingerprint density at radius 3 is 2.58 bits per heavy atom. The van der Waals surface area contributed by atoms with E-state index in [1.165, 1.54) is 11.8 Å². The third kappa shape index (κ3) is 4.88. The normalized spacial score (nSPS) is 15.8. The Hall–Kier alpha value is -2.27. The molecule has 0 radical (unpaired) electrons. The minimum absolute atomic E-state index is 0.0613. The number of furan rings is 1. The van der Waals surface area contributed by atoms with Gasteiger partial charge in [0.1, 0.15) is 12.0 Å². The molecular weight excluding hydrogens is 328 g/mol. The van der Waals surface area contributed by atoms with Crippen molar-refractivity contribution in [3.8, 4) is 5.75 Å². The number of benzene rings is 1. The maximum Gasteiger partial charge on any atom is 0.257 e. The molecule has 0 bridgehead atoms. The predicted octanol–water partition coefficient (Wildman–Crippen LogP) is 3.31. The smallest absolute Gasteiger partial charge is 0.257 e. The Labute approximate surface area is 155 Å². The maximum absolute atomic E-state index is 12.9. The highest BCUT2D eigenvalue weighted by molar-refractivity contribution is 5.93. The number of carbonyl (C=O) groups excluding carboxylic acids is 1. The fourth-order valence-corrected chi connectivity index (χ4v) is 3.46. The van der Waals surface area contributed by atoms with Crippen LogP contribution in [0.5, 0.6) is 5.75 Å². The van der Waals surface area contributed by atoms with Gasteiger partial charge in [-0.3, -0.25) is 4.79 Å². The lowest BCUT2D eigenvalue weighted by atomic mass is 9.96. The lowest BCUT2D eigenvalue weighted by Crippen LogP contribution is -2.40. The molecule has 5 nitrogen and oxygen atoms in total. The molecule has 0 aliphatic carbocycles. The molecule has 1 saturated heterocycles. The van der Waals surface area contributed by atoms with Crippen molar-refractivity contribution >= 4 is 5.91 Å². The van der Waals surface area contributed by atoms with E-state index in [0.29, 0.717) is 18.0 Å². The first-order valence-electron chi connectivity index (χ1n) is 9.28. The van der Waals surface area contributed by atoms with Crippen molar-refractivity contribution in [1.29, 1.82) is 0 Å². The molecule has 1 aromatic heterocycles. The highest BCUT2D eigenvalue weighted by Crippen LogP contribution is 2.19. The lowest BCUT2D eigenvalue weighted by Gasteiger charge is -2.33.